The van der Waals surface area contributed by atoms with Crippen LogP contribution in [0.3, 0.4) is 0 Å². The Kier molecular flexibility index (Phi) is 11.8. The Hall–Kier alpha value is -3.34. The Morgan fingerprint density at radius 3 is 2.53 bits per heavy atom. The summed E-state index contributed by atoms with van der Waals surface area (Å²) in [6, 6.07) is 5.00. The van der Waals surface area contributed by atoms with Crippen LogP contribution in [0, 0.1) is 12.7 Å². The highest BCUT2D eigenvalue weighted by atomic mass is 19.1. The van der Waals surface area contributed by atoms with Crippen LogP contribution >= 0.6 is 0 Å². The van der Waals surface area contributed by atoms with Gasteiger partial charge in [-0.05, 0) is 63.0 Å². The number of aromatic nitrogens is 2. The molecule has 4 N–H and O–H groups in total. The zero-order valence-corrected chi connectivity index (χ0v) is 22.9. The number of aliphatic hydroxyl groups excluding tert-OH is 1. The lowest BCUT2D eigenvalue weighted by Crippen LogP contribution is -2.25. The third-order valence-electron chi connectivity index (χ3n) is 6.42. The van der Waals surface area contributed by atoms with E-state index in [1.807, 2.05) is 33.9 Å². The van der Waals surface area contributed by atoms with Gasteiger partial charge < -0.3 is 30.2 Å². The summed E-state index contributed by atoms with van der Waals surface area (Å²) in [6.45, 7) is 8.00. The zero-order chi connectivity index (χ0) is 28.4. The second-order valence-electron chi connectivity index (χ2n) is 8.95. The average molecular weight is 531 g/mol. The van der Waals surface area contributed by atoms with E-state index in [4.69, 9.17) is 30.5 Å². The van der Waals surface area contributed by atoms with Gasteiger partial charge in [-0.25, -0.2) is 9.37 Å². The summed E-state index contributed by atoms with van der Waals surface area (Å²) in [5, 5.41) is 16.7. The fraction of sp³-hybridized carbons (Fsp3) is 0.464. The predicted octanol–water partition coefficient (Wildman–Crippen LogP) is 3.92. The molecule has 1 aliphatic rings. The van der Waals surface area contributed by atoms with Gasteiger partial charge in [0.05, 0.1) is 35.7 Å². The Balaban J connectivity index is 0.000000947. The van der Waals surface area contributed by atoms with Crippen molar-refractivity contribution in [3.05, 3.63) is 56.6 Å². The van der Waals surface area contributed by atoms with Crippen LogP contribution in [0.4, 0.5) is 10.1 Å². The second kappa shape index (κ2) is 14.6. The van der Waals surface area contributed by atoms with Crippen LogP contribution in [-0.2, 0) is 29.2 Å². The number of fused-ring (bicyclic) bond motifs is 4. The largest absolute Gasteiger partial charge is 0.483 e. The topological polar surface area (TPSA) is 131 Å². The normalized spacial score (nSPS) is 11.4. The average Bonchev–Trinajstić information content (AvgIpc) is 3.25. The maximum atomic E-state index is 14.3. The van der Waals surface area contributed by atoms with Crippen LogP contribution in [-0.4, -0.2) is 58.4 Å². The summed E-state index contributed by atoms with van der Waals surface area (Å²) in [7, 11) is 3.62. The van der Waals surface area contributed by atoms with E-state index in [-0.39, 0.29) is 30.9 Å². The van der Waals surface area contributed by atoms with Gasteiger partial charge in [-0.1, -0.05) is 13.8 Å². The molecule has 10 heteroatoms. The van der Waals surface area contributed by atoms with Crippen LogP contribution in [0.25, 0.3) is 22.3 Å². The highest BCUT2D eigenvalue weighted by Gasteiger charge is 2.28. The van der Waals surface area contributed by atoms with Crippen molar-refractivity contribution in [2.45, 2.75) is 59.7 Å². The first-order valence-corrected chi connectivity index (χ1v) is 12.8. The predicted molar refractivity (Wildman–Crippen MR) is 148 cm³/mol. The lowest BCUT2D eigenvalue weighted by Gasteiger charge is -2.20. The van der Waals surface area contributed by atoms with Crippen LogP contribution in [0.1, 0.15) is 55.4 Å². The summed E-state index contributed by atoms with van der Waals surface area (Å²) in [6.07, 6.45) is 2.72. The standard InChI is InChI=1S/C25H31FN4O3.C2H6.CH2O2/c1-15-9-23-24-18(13-30(23)25(32)19(15)14-33-3)17(12-29(2)7-5-4-6-8-31)16-10-21(27)20(26)11-22(16)28-24;1-2;2-1-3/h9-11,31H,4-8,12-14,27H2,1-3H3;1-2H3;1H,(H,2,3). The highest BCUT2D eigenvalue weighted by molar-refractivity contribution is 5.90. The number of benzene rings is 1. The molecule has 0 amide bonds. The molecule has 4 rings (SSSR count). The van der Waals surface area contributed by atoms with E-state index < -0.39 is 5.82 Å². The van der Waals surface area contributed by atoms with Crippen LogP contribution in [0.2, 0.25) is 0 Å². The molecule has 0 spiro atoms. The summed E-state index contributed by atoms with van der Waals surface area (Å²) >= 11 is 0. The van der Waals surface area contributed by atoms with Crippen molar-refractivity contribution in [3.8, 4) is 11.4 Å². The fourth-order valence-corrected chi connectivity index (χ4v) is 4.63. The molecule has 0 unspecified atom stereocenters. The van der Waals surface area contributed by atoms with Gasteiger partial charge in [0.25, 0.3) is 12.0 Å². The molecule has 1 aromatic carbocycles. The van der Waals surface area contributed by atoms with Crippen molar-refractivity contribution in [2.24, 2.45) is 0 Å². The first kappa shape index (κ1) is 30.9. The van der Waals surface area contributed by atoms with Gasteiger partial charge in [-0.3, -0.25) is 9.59 Å². The number of pyridine rings is 2. The summed E-state index contributed by atoms with van der Waals surface area (Å²) < 4.78 is 21.3. The number of halogens is 1. The number of aliphatic hydroxyl groups is 1. The zero-order valence-electron chi connectivity index (χ0n) is 22.9. The van der Waals surface area contributed by atoms with Crippen LogP contribution < -0.4 is 11.3 Å². The molecular weight excluding hydrogens is 491 g/mol. The van der Waals surface area contributed by atoms with Crippen molar-refractivity contribution in [1.29, 1.82) is 0 Å². The highest BCUT2D eigenvalue weighted by Crippen LogP contribution is 2.37. The van der Waals surface area contributed by atoms with Crippen LogP contribution in [0.5, 0.6) is 0 Å². The molecule has 38 heavy (non-hydrogen) atoms. The maximum absolute atomic E-state index is 14.3. The Bertz CT molecular complexity index is 1310. The molecule has 0 saturated carbocycles. The van der Waals surface area contributed by atoms with E-state index in [1.165, 1.54) is 6.07 Å². The second-order valence-corrected chi connectivity index (χ2v) is 8.95. The quantitative estimate of drug-likeness (QED) is 0.169. The number of nitrogens with zero attached hydrogens (tertiary/aromatic N) is 3. The monoisotopic (exact) mass is 530 g/mol. The van der Waals surface area contributed by atoms with E-state index >= 15 is 0 Å². The number of hydrogen-bond acceptors (Lipinski definition) is 7. The number of unbranched alkanes of at least 4 members (excludes halogenated alkanes) is 2. The molecular formula is C28H39FN4O5. The van der Waals surface area contributed by atoms with Gasteiger partial charge in [0.1, 0.15) is 5.82 Å². The van der Waals surface area contributed by atoms with Crippen molar-refractivity contribution in [1.82, 2.24) is 14.5 Å². The van der Waals surface area contributed by atoms with Crippen molar-refractivity contribution in [2.75, 3.05) is 33.0 Å². The Labute approximate surface area is 222 Å². The molecule has 0 aliphatic carbocycles. The molecule has 3 heterocycles. The van der Waals surface area contributed by atoms with E-state index in [9.17, 15) is 9.18 Å². The fourth-order valence-electron chi connectivity index (χ4n) is 4.63. The first-order valence-electron chi connectivity index (χ1n) is 12.8. The number of aryl methyl sites for hydroxylation is 1. The van der Waals surface area contributed by atoms with E-state index in [2.05, 4.69) is 4.90 Å². The van der Waals surface area contributed by atoms with Crippen molar-refractivity contribution in [3.63, 3.8) is 0 Å². The summed E-state index contributed by atoms with van der Waals surface area (Å²) in [4.78, 5) is 28.6. The molecule has 0 bridgehead atoms. The number of carbonyl (C=O) groups is 1. The molecule has 0 atom stereocenters. The minimum absolute atomic E-state index is 0.0806. The smallest absolute Gasteiger partial charge is 0.290 e. The minimum atomic E-state index is -0.500. The number of hydrogen-bond donors (Lipinski definition) is 3. The number of anilines is 1. The molecule has 9 nitrogen and oxygen atoms in total. The third kappa shape index (κ3) is 6.75. The molecule has 208 valence electrons. The lowest BCUT2D eigenvalue weighted by atomic mass is 9.99. The van der Waals surface area contributed by atoms with Gasteiger partial charge in [0.2, 0.25) is 0 Å². The van der Waals surface area contributed by atoms with Crippen molar-refractivity contribution >= 4 is 23.1 Å². The molecule has 0 radical (unpaired) electrons. The number of ether oxygens (including phenoxy) is 1. The SMILES string of the molecule is CC.COCc1c(C)cc2n(c1=O)Cc1c-2nc2cc(F)c(N)cc2c1CN(C)CCCCCO.O=CO. The molecule has 1 aliphatic heterocycles. The number of nitrogens with two attached hydrogens (primary N) is 1. The lowest BCUT2D eigenvalue weighted by molar-refractivity contribution is -0.122. The number of carboxylic acid groups (broad SMARTS) is 1. The summed E-state index contributed by atoms with van der Waals surface area (Å²) in [5.41, 5.74) is 11.4. The molecule has 3 aromatic rings. The van der Waals surface area contributed by atoms with Gasteiger partial charge in [-0.2, -0.15) is 0 Å². The van der Waals surface area contributed by atoms with Gasteiger partial charge in [0, 0.05) is 42.8 Å². The number of nitrogen functional groups attached to an aromatic ring is 1. The van der Waals surface area contributed by atoms with Gasteiger partial charge in [0.15, 0.2) is 0 Å². The Morgan fingerprint density at radius 2 is 1.89 bits per heavy atom. The third-order valence-corrected chi connectivity index (χ3v) is 6.42. The van der Waals surface area contributed by atoms with E-state index in [0.29, 0.717) is 24.2 Å². The Morgan fingerprint density at radius 1 is 1.21 bits per heavy atom. The van der Waals surface area contributed by atoms with E-state index in [0.717, 1.165) is 59.3 Å². The molecule has 0 saturated heterocycles. The maximum Gasteiger partial charge on any atom is 0.290 e. The molecule has 2 aromatic heterocycles. The van der Waals surface area contributed by atoms with Crippen LogP contribution in [0.15, 0.2) is 23.0 Å². The van der Waals surface area contributed by atoms with Gasteiger partial charge in [-0.15, -0.1) is 0 Å². The summed E-state index contributed by atoms with van der Waals surface area (Å²) in [5.74, 6) is -0.500. The number of methoxy groups -OCH3 is 1. The van der Waals surface area contributed by atoms with E-state index in [1.54, 1.807) is 17.7 Å². The molecule has 0 fully saturated rings. The van der Waals surface area contributed by atoms with Gasteiger partial charge >= 0.3 is 0 Å². The first-order chi connectivity index (χ1) is 18.3. The number of rotatable bonds is 9. The minimum Gasteiger partial charge on any atom is -0.483 e. The van der Waals surface area contributed by atoms with Crippen molar-refractivity contribution < 1.29 is 24.1 Å².